The minimum absolute atomic E-state index is 0.236. The van der Waals surface area contributed by atoms with Crippen LogP contribution in [0, 0.1) is 0 Å². The summed E-state index contributed by atoms with van der Waals surface area (Å²) in [5.74, 6) is -5.53. The van der Waals surface area contributed by atoms with Crippen molar-refractivity contribution in [1.29, 1.82) is 0 Å². The van der Waals surface area contributed by atoms with Crippen LogP contribution in [0.5, 0.6) is 0 Å². The third-order valence-corrected chi connectivity index (χ3v) is 3.26. The van der Waals surface area contributed by atoms with Gasteiger partial charge in [0.05, 0.1) is 5.75 Å². The molecule has 0 spiro atoms. The van der Waals surface area contributed by atoms with Gasteiger partial charge in [-0.05, 0) is 6.42 Å². The molecule has 0 radical (unpaired) electrons. The second-order valence-corrected chi connectivity index (χ2v) is 6.20. The van der Waals surface area contributed by atoms with Gasteiger partial charge in [-0.15, -0.1) is 0 Å². The monoisotopic (exact) mass is 354 g/mol. The summed E-state index contributed by atoms with van der Waals surface area (Å²) in [4.78, 5) is 44.2. The average Bonchev–Trinajstić information content (AvgIpc) is 2.39. The van der Waals surface area contributed by atoms with Gasteiger partial charge < -0.3 is 26.6 Å². The molecule has 0 saturated heterocycles. The Morgan fingerprint density at radius 2 is 1.70 bits per heavy atom. The highest BCUT2D eigenvalue weighted by Gasteiger charge is 2.26. The quantitative estimate of drug-likeness (QED) is 0.226. The summed E-state index contributed by atoms with van der Waals surface area (Å²) in [5.41, 5.74) is 5.20. The zero-order valence-corrected chi connectivity index (χ0v) is 12.7. The molecule has 2 atom stereocenters. The largest absolute Gasteiger partial charge is 0.480 e. The molecule has 0 aliphatic rings. The summed E-state index contributed by atoms with van der Waals surface area (Å²) in [6.45, 7) is -0.778. The number of amides is 2. The van der Waals surface area contributed by atoms with Gasteiger partial charge in [-0.2, -0.15) is 0 Å². The van der Waals surface area contributed by atoms with E-state index in [1.54, 1.807) is 0 Å². The zero-order chi connectivity index (χ0) is 18.2. The van der Waals surface area contributed by atoms with Gasteiger partial charge in [0.25, 0.3) is 0 Å². The van der Waals surface area contributed by atoms with Crippen LogP contribution in [0.15, 0.2) is 0 Å². The number of carbonyl (C=O) groups excluding carboxylic acids is 2. The Labute approximate surface area is 131 Å². The summed E-state index contributed by atoms with van der Waals surface area (Å²) in [6, 6.07) is -2.91. The number of primary sulfonamides is 1. The van der Waals surface area contributed by atoms with Gasteiger partial charge in [0.15, 0.2) is 0 Å². The van der Waals surface area contributed by atoms with E-state index >= 15 is 0 Å². The van der Waals surface area contributed by atoms with E-state index in [0.717, 1.165) is 0 Å². The number of hydrogen-bond donors (Lipinski definition) is 6. The molecule has 0 bridgehead atoms. The van der Waals surface area contributed by atoms with Crippen molar-refractivity contribution in [1.82, 2.24) is 10.6 Å². The lowest BCUT2D eigenvalue weighted by Gasteiger charge is -2.17. The minimum atomic E-state index is -4.14. The Morgan fingerprint density at radius 3 is 2.13 bits per heavy atom. The molecule has 0 aliphatic carbocycles. The molecule has 8 N–H and O–H groups in total. The molecule has 0 rings (SSSR count). The smallest absolute Gasteiger partial charge is 0.322 e. The van der Waals surface area contributed by atoms with E-state index in [1.165, 1.54) is 0 Å². The molecule has 0 heterocycles. The Bertz CT molecular complexity index is 575. The van der Waals surface area contributed by atoms with Crippen molar-refractivity contribution in [2.75, 3.05) is 12.3 Å². The molecule has 0 aromatic carbocycles. The first kappa shape index (κ1) is 20.8. The van der Waals surface area contributed by atoms with Gasteiger partial charge in [-0.3, -0.25) is 19.2 Å². The van der Waals surface area contributed by atoms with Crippen molar-refractivity contribution in [3.63, 3.8) is 0 Å². The first-order valence-electron chi connectivity index (χ1n) is 6.20. The molecule has 0 aliphatic heterocycles. The minimum Gasteiger partial charge on any atom is -0.480 e. The number of carbonyl (C=O) groups is 4. The molecule has 0 unspecified atom stereocenters. The van der Waals surface area contributed by atoms with Crippen LogP contribution in [-0.2, 0) is 29.2 Å². The van der Waals surface area contributed by atoms with Crippen LogP contribution in [0.1, 0.15) is 12.8 Å². The number of rotatable bonds is 10. The van der Waals surface area contributed by atoms with Crippen molar-refractivity contribution in [3.8, 4) is 0 Å². The van der Waals surface area contributed by atoms with E-state index in [1.807, 2.05) is 10.6 Å². The van der Waals surface area contributed by atoms with E-state index in [9.17, 15) is 27.6 Å². The topological polar surface area (TPSA) is 219 Å². The maximum Gasteiger partial charge on any atom is 0.322 e. The highest BCUT2D eigenvalue weighted by Crippen LogP contribution is 1.97. The van der Waals surface area contributed by atoms with E-state index in [0.29, 0.717) is 0 Å². The van der Waals surface area contributed by atoms with Gasteiger partial charge in [-0.1, -0.05) is 0 Å². The maximum absolute atomic E-state index is 11.7. The van der Waals surface area contributed by atoms with Gasteiger partial charge >= 0.3 is 11.9 Å². The van der Waals surface area contributed by atoms with E-state index in [4.69, 9.17) is 21.1 Å². The van der Waals surface area contributed by atoms with E-state index < -0.39 is 58.2 Å². The predicted molar refractivity (Wildman–Crippen MR) is 75.4 cm³/mol. The number of hydrogen-bond acceptors (Lipinski definition) is 7. The van der Waals surface area contributed by atoms with Crippen LogP contribution < -0.4 is 21.5 Å². The lowest BCUT2D eigenvalue weighted by atomic mass is 10.1. The number of sulfonamides is 1. The second-order valence-electron chi connectivity index (χ2n) is 4.54. The van der Waals surface area contributed by atoms with Gasteiger partial charge in [0.2, 0.25) is 21.8 Å². The van der Waals surface area contributed by atoms with E-state index in [2.05, 4.69) is 0 Å². The van der Waals surface area contributed by atoms with Crippen LogP contribution in [0.4, 0.5) is 0 Å². The molecule has 2 amide bonds. The molecule has 132 valence electrons. The highest BCUT2D eigenvalue weighted by atomic mass is 32.2. The van der Waals surface area contributed by atoms with Crippen molar-refractivity contribution in [3.05, 3.63) is 0 Å². The van der Waals surface area contributed by atoms with E-state index in [-0.39, 0.29) is 12.8 Å². The summed E-state index contributed by atoms with van der Waals surface area (Å²) >= 11 is 0. The molecule has 13 heteroatoms. The van der Waals surface area contributed by atoms with Crippen molar-refractivity contribution in [2.24, 2.45) is 10.9 Å². The second kappa shape index (κ2) is 9.02. The lowest BCUT2D eigenvalue weighted by molar-refractivity contribution is -0.139. The Morgan fingerprint density at radius 1 is 1.13 bits per heavy atom. The van der Waals surface area contributed by atoms with Gasteiger partial charge in [-0.25, -0.2) is 13.6 Å². The van der Waals surface area contributed by atoms with Crippen LogP contribution in [-0.4, -0.2) is 66.8 Å². The first-order chi connectivity index (χ1) is 10.4. The fourth-order valence-corrected chi connectivity index (χ4v) is 2.08. The number of nitrogens with two attached hydrogens (primary N) is 2. The molecule has 0 saturated carbocycles. The molecule has 23 heavy (non-hydrogen) atoms. The molecule has 0 aromatic rings. The van der Waals surface area contributed by atoms with Crippen LogP contribution in [0.3, 0.4) is 0 Å². The predicted octanol–water partition coefficient (Wildman–Crippen LogP) is -3.85. The maximum atomic E-state index is 11.7. The Kier molecular flexibility index (Phi) is 8.13. The summed E-state index contributed by atoms with van der Waals surface area (Å²) in [6.07, 6.45) is -0.610. The summed E-state index contributed by atoms with van der Waals surface area (Å²) in [7, 11) is -4.14. The standard InChI is InChI=1S/C10H18N4O8S/c11-5(10(19)20)1-2-7(15)14-6(4-23(12,21)22)9(18)13-3-8(16)17/h5-6H,1-4,11H2,(H,13,18)(H,14,15)(H,16,17)(H,19,20)(H2,12,21,22)/t5-,6+/m0/s1. The number of carboxylic acid groups (broad SMARTS) is 2. The van der Waals surface area contributed by atoms with Crippen LogP contribution in [0.25, 0.3) is 0 Å². The number of aliphatic carboxylic acids is 2. The molecular formula is C10H18N4O8S. The lowest BCUT2D eigenvalue weighted by Crippen LogP contribution is -2.52. The van der Waals surface area contributed by atoms with Crippen molar-refractivity contribution in [2.45, 2.75) is 24.9 Å². The highest BCUT2D eigenvalue weighted by molar-refractivity contribution is 7.89. The van der Waals surface area contributed by atoms with Crippen molar-refractivity contribution < 1.29 is 37.8 Å². The molecule has 0 fully saturated rings. The summed E-state index contributed by atoms with van der Waals surface area (Å²) < 4.78 is 22.1. The van der Waals surface area contributed by atoms with Crippen LogP contribution in [0.2, 0.25) is 0 Å². The summed E-state index contributed by atoms with van der Waals surface area (Å²) in [5, 5.41) is 25.7. The van der Waals surface area contributed by atoms with Gasteiger partial charge in [0.1, 0.15) is 18.6 Å². The Balaban J connectivity index is 4.74. The molecule has 0 aromatic heterocycles. The third-order valence-electron chi connectivity index (χ3n) is 2.46. The van der Waals surface area contributed by atoms with Gasteiger partial charge in [0, 0.05) is 6.42 Å². The van der Waals surface area contributed by atoms with Crippen LogP contribution >= 0.6 is 0 Å². The fraction of sp³-hybridized carbons (Fsp3) is 0.600. The van der Waals surface area contributed by atoms with Crippen molar-refractivity contribution >= 4 is 33.8 Å². The fourth-order valence-electron chi connectivity index (χ4n) is 1.38. The Hall–Kier alpha value is -2.25. The average molecular weight is 354 g/mol. The normalized spacial score (nSPS) is 13.7. The SMILES string of the molecule is N[C@@H](CCC(=O)N[C@H](CS(N)(=O)=O)C(=O)NCC(=O)O)C(=O)O. The number of carboxylic acids is 2. The number of nitrogens with one attached hydrogen (secondary N) is 2. The molecule has 12 nitrogen and oxygen atoms in total. The third kappa shape index (κ3) is 10.2. The first-order valence-corrected chi connectivity index (χ1v) is 7.91. The zero-order valence-electron chi connectivity index (χ0n) is 11.9. The molecular weight excluding hydrogens is 336 g/mol.